The number of hydrogen-bond acceptors (Lipinski definition) is 3. The summed E-state index contributed by atoms with van der Waals surface area (Å²) in [7, 11) is 0. The van der Waals surface area contributed by atoms with Crippen LogP contribution in [0.3, 0.4) is 0 Å². The number of aromatic nitrogens is 1. The Kier molecular flexibility index (Phi) is 2.81. The van der Waals surface area contributed by atoms with E-state index in [-0.39, 0.29) is 5.56 Å². The van der Waals surface area contributed by atoms with Crippen molar-refractivity contribution >= 4 is 11.9 Å². The number of hydrogen-bond donors (Lipinski definition) is 1. The fraction of sp³-hybridized carbons (Fsp3) is 0.222. The maximum absolute atomic E-state index is 10.8. The Hall–Kier alpha value is -1.91. The zero-order chi connectivity index (χ0) is 10.7. The molecule has 0 aliphatic carbocycles. The van der Waals surface area contributed by atoms with Crippen LogP contribution in [0.1, 0.15) is 23.3 Å². The summed E-state index contributed by atoms with van der Waals surface area (Å²) < 4.78 is 1.42. The molecule has 0 saturated carbocycles. The van der Waals surface area contributed by atoms with Gasteiger partial charge in [-0.25, -0.2) is 0 Å². The number of carboxylic acid groups (broad SMARTS) is 1. The van der Waals surface area contributed by atoms with Crippen LogP contribution in [-0.2, 0) is 4.79 Å². The summed E-state index contributed by atoms with van der Waals surface area (Å²) in [6.45, 7) is 1.58. The van der Waals surface area contributed by atoms with Crippen molar-refractivity contribution in [2.75, 3.05) is 0 Å². The summed E-state index contributed by atoms with van der Waals surface area (Å²) in [6, 6.07) is 2.33. The molecule has 14 heavy (non-hydrogen) atoms. The highest BCUT2D eigenvalue weighted by Gasteiger charge is 2.18. The summed E-state index contributed by atoms with van der Waals surface area (Å²) in [6.07, 6.45) is 2.88. The van der Waals surface area contributed by atoms with Crippen LogP contribution in [0.2, 0.25) is 0 Å². The number of pyridine rings is 1. The van der Waals surface area contributed by atoms with Crippen molar-refractivity contribution in [1.82, 2.24) is 0 Å². The van der Waals surface area contributed by atoms with Gasteiger partial charge in [-0.05, 0) is 6.07 Å². The van der Waals surface area contributed by atoms with Crippen molar-refractivity contribution in [1.29, 1.82) is 0 Å². The fourth-order valence-electron chi connectivity index (χ4n) is 1.00. The molecule has 0 saturated heterocycles. The maximum atomic E-state index is 10.8. The van der Waals surface area contributed by atoms with Gasteiger partial charge in [0, 0.05) is 13.0 Å². The predicted molar refractivity (Wildman–Crippen MR) is 44.9 cm³/mol. The molecule has 0 aliphatic rings. The summed E-state index contributed by atoms with van der Waals surface area (Å²) in [5.74, 6) is -1.80. The molecule has 74 valence electrons. The molecule has 0 aromatic carbocycles. The van der Waals surface area contributed by atoms with Crippen LogP contribution < -0.4 is 15.4 Å². The first-order chi connectivity index (χ1) is 6.52. The Labute approximate surface area is 80.8 Å². The number of aromatic carboxylic acids is 1. The van der Waals surface area contributed by atoms with Crippen molar-refractivity contribution < 1.29 is 19.3 Å². The number of nitrogens with zero attached hydrogens (tertiary/aromatic N) is 1. The lowest BCUT2D eigenvalue weighted by Gasteiger charge is -2.04. The average molecular weight is 194 g/mol. The van der Waals surface area contributed by atoms with Crippen molar-refractivity contribution in [3.63, 3.8) is 0 Å². The van der Waals surface area contributed by atoms with Gasteiger partial charge in [0.05, 0.1) is 11.5 Å². The highest BCUT2D eigenvalue weighted by atomic mass is 16.4. The second kappa shape index (κ2) is 3.87. The van der Waals surface area contributed by atoms with Gasteiger partial charge in [-0.2, -0.15) is 4.57 Å². The first-order valence-corrected chi connectivity index (χ1v) is 4.04. The smallest absolute Gasteiger partial charge is 0.286 e. The Balaban J connectivity index is 3.05. The molecule has 0 spiro atoms. The van der Waals surface area contributed by atoms with Crippen LogP contribution >= 0.6 is 0 Å². The molecule has 2 N–H and O–H groups in total. The summed E-state index contributed by atoms with van der Waals surface area (Å²) in [4.78, 5) is 21.3. The zero-order valence-corrected chi connectivity index (χ0v) is 7.64. The third-order valence-electron chi connectivity index (χ3n) is 1.92. The average Bonchev–Trinajstić information content (AvgIpc) is 2.16. The van der Waals surface area contributed by atoms with Crippen LogP contribution in [0, 0.1) is 0 Å². The molecule has 0 fully saturated rings. The molecular weight excluding hydrogens is 184 g/mol. The van der Waals surface area contributed by atoms with Crippen molar-refractivity contribution in [3.05, 3.63) is 30.1 Å². The monoisotopic (exact) mass is 194 g/mol. The molecule has 1 rings (SSSR count). The second-order valence-corrected chi connectivity index (χ2v) is 2.91. The first-order valence-electron chi connectivity index (χ1n) is 4.04. The Bertz CT molecular complexity index is 376. The van der Waals surface area contributed by atoms with E-state index >= 15 is 0 Å². The fourth-order valence-corrected chi connectivity index (χ4v) is 1.00. The highest BCUT2D eigenvalue weighted by Crippen LogP contribution is 1.96. The third kappa shape index (κ3) is 2.07. The third-order valence-corrected chi connectivity index (χ3v) is 1.92. The van der Waals surface area contributed by atoms with E-state index in [4.69, 9.17) is 5.73 Å². The number of carboxylic acids is 1. The largest absolute Gasteiger partial charge is 0.545 e. The Morgan fingerprint density at radius 3 is 2.71 bits per heavy atom. The van der Waals surface area contributed by atoms with E-state index in [0.29, 0.717) is 0 Å². The number of rotatable bonds is 3. The number of amides is 1. The minimum atomic E-state index is -1.28. The van der Waals surface area contributed by atoms with Crippen LogP contribution in [0.25, 0.3) is 0 Å². The van der Waals surface area contributed by atoms with E-state index in [1.165, 1.54) is 22.9 Å². The maximum Gasteiger partial charge on any atom is 0.286 e. The molecule has 1 aromatic heterocycles. The summed E-state index contributed by atoms with van der Waals surface area (Å²) >= 11 is 0. The van der Waals surface area contributed by atoms with Gasteiger partial charge in [0.25, 0.3) is 5.91 Å². The Morgan fingerprint density at radius 1 is 1.57 bits per heavy atom. The van der Waals surface area contributed by atoms with Crippen LogP contribution in [0.5, 0.6) is 0 Å². The van der Waals surface area contributed by atoms with Gasteiger partial charge in [0.15, 0.2) is 12.4 Å². The second-order valence-electron chi connectivity index (χ2n) is 2.91. The molecule has 1 heterocycles. The van der Waals surface area contributed by atoms with Crippen LogP contribution in [0.4, 0.5) is 0 Å². The van der Waals surface area contributed by atoms with E-state index in [1.807, 2.05) is 0 Å². The van der Waals surface area contributed by atoms with Gasteiger partial charge in [-0.15, -0.1) is 0 Å². The molecule has 5 nitrogen and oxygen atoms in total. The summed E-state index contributed by atoms with van der Waals surface area (Å²) in [5.41, 5.74) is 5.09. The number of primary amides is 1. The molecule has 0 bridgehead atoms. The van der Waals surface area contributed by atoms with Gasteiger partial charge >= 0.3 is 0 Å². The molecule has 0 radical (unpaired) electrons. The first kappa shape index (κ1) is 10.2. The minimum Gasteiger partial charge on any atom is -0.545 e. The van der Waals surface area contributed by atoms with Gasteiger partial charge in [0.2, 0.25) is 6.04 Å². The summed E-state index contributed by atoms with van der Waals surface area (Å²) in [5, 5.41) is 10.5. The van der Waals surface area contributed by atoms with E-state index in [9.17, 15) is 14.7 Å². The van der Waals surface area contributed by atoms with E-state index in [2.05, 4.69) is 0 Å². The van der Waals surface area contributed by atoms with Crippen molar-refractivity contribution in [2.24, 2.45) is 5.73 Å². The van der Waals surface area contributed by atoms with Crippen LogP contribution in [0.15, 0.2) is 24.5 Å². The number of nitrogens with two attached hydrogens (primary N) is 1. The lowest BCUT2D eigenvalue weighted by atomic mass is 10.2. The van der Waals surface area contributed by atoms with Crippen molar-refractivity contribution in [2.45, 2.75) is 13.0 Å². The van der Waals surface area contributed by atoms with Gasteiger partial charge < -0.3 is 15.6 Å². The molecular formula is C9H10N2O3. The van der Waals surface area contributed by atoms with E-state index < -0.39 is 17.9 Å². The van der Waals surface area contributed by atoms with Crippen LogP contribution in [-0.4, -0.2) is 11.9 Å². The molecule has 5 heteroatoms. The number of carbonyl (C=O) groups is 2. The molecule has 1 aromatic rings. The standard InChI is InChI=1S/C9H10N2O3/c1-6(8(10)12)11-4-2-3-7(5-11)9(13)14/h2-6H,1H3,(H2-,10,12,13,14). The van der Waals surface area contributed by atoms with E-state index in [0.717, 1.165) is 0 Å². The Morgan fingerprint density at radius 2 is 2.21 bits per heavy atom. The predicted octanol–water partition coefficient (Wildman–Crippen LogP) is -1.62. The van der Waals surface area contributed by atoms with Gasteiger partial charge in [0.1, 0.15) is 0 Å². The normalized spacial score (nSPS) is 12.1. The number of carbonyl (C=O) groups excluding carboxylic acids is 2. The SMILES string of the molecule is CC(C(N)=O)[n+]1cccc(C(=O)[O-])c1. The quantitative estimate of drug-likeness (QED) is 0.587. The lowest BCUT2D eigenvalue weighted by Crippen LogP contribution is -2.45. The lowest BCUT2D eigenvalue weighted by molar-refractivity contribution is -0.706. The van der Waals surface area contributed by atoms with Gasteiger partial charge in [-0.1, -0.05) is 0 Å². The van der Waals surface area contributed by atoms with Crippen molar-refractivity contribution in [3.8, 4) is 0 Å². The highest BCUT2D eigenvalue weighted by molar-refractivity contribution is 5.84. The van der Waals surface area contributed by atoms with Gasteiger partial charge in [-0.3, -0.25) is 4.79 Å². The minimum absolute atomic E-state index is 0.0144. The zero-order valence-electron chi connectivity index (χ0n) is 7.64. The molecule has 1 atom stereocenters. The molecule has 1 amide bonds. The van der Waals surface area contributed by atoms with E-state index in [1.54, 1.807) is 13.1 Å². The molecule has 1 unspecified atom stereocenters. The topological polar surface area (TPSA) is 87.1 Å². The molecule has 0 aliphatic heterocycles.